The molecule has 0 aromatic heterocycles. The van der Waals surface area contributed by atoms with E-state index in [2.05, 4.69) is 0 Å². The first kappa shape index (κ1) is 15.2. The van der Waals surface area contributed by atoms with Crippen LogP contribution in [0.2, 0.25) is 0 Å². The number of hydrogen-bond donors (Lipinski definition) is 2. The minimum Gasteiger partial charge on any atom is -0.481 e. The lowest BCUT2D eigenvalue weighted by Crippen LogP contribution is -2.36. The zero-order chi connectivity index (χ0) is 12.9. The van der Waals surface area contributed by atoms with Gasteiger partial charge in [0.15, 0.2) is 0 Å². The summed E-state index contributed by atoms with van der Waals surface area (Å²) in [5.41, 5.74) is 5.61. The molecule has 0 fully saturated rings. The predicted molar refractivity (Wildman–Crippen MR) is 53.8 cm³/mol. The standard InChI is InChI=1S/C10H18F3NO2/c1-3-6(2)8(14)4-7(5-9(15)16)10(11,12)13/h6-8H,3-5,14H2,1-2H3,(H,15,16)/t6-,7+,8+/m0/s1. The molecule has 0 bridgehead atoms. The summed E-state index contributed by atoms with van der Waals surface area (Å²) >= 11 is 0. The second-order valence-electron chi connectivity index (χ2n) is 4.12. The first-order valence-corrected chi connectivity index (χ1v) is 5.22. The van der Waals surface area contributed by atoms with Crippen LogP contribution in [0.15, 0.2) is 0 Å². The molecular formula is C10H18F3NO2. The average Bonchev–Trinajstić information content (AvgIpc) is 2.13. The smallest absolute Gasteiger partial charge is 0.392 e. The van der Waals surface area contributed by atoms with Crippen LogP contribution in [-0.4, -0.2) is 23.3 Å². The lowest BCUT2D eigenvalue weighted by Gasteiger charge is -2.25. The molecule has 0 unspecified atom stereocenters. The monoisotopic (exact) mass is 241 g/mol. The summed E-state index contributed by atoms with van der Waals surface area (Å²) in [4.78, 5) is 10.3. The molecule has 0 amide bonds. The summed E-state index contributed by atoms with van der Waals surface area (Å²) < 4.78 is 37.5. The SMILES string of the molecule is CC[C@H](C)[C@H](N)C[C@H](CC(=O)O)C(F)(F)F. The van der Waals surface area contributed by atoms with Gasteiger partial charge in [0.25, 0.3) is 0 Å². The van der Waals surface area contributed by atoms with Crippen molar-refractivity contribution < 1.29 is 23.1 Å². The van der Waals surface area contributed by atoms with E-state index in [1.165, 1.54) is 0 Å². The molecule has 0 aliphatic rings. The number of carboxylic acids is 1. The minimum absolute atomic E-state index is 0.0429. The summed E-state index contributed by atoms with van der Waals surface area (Å²) in [6.07, 6.45) is -5.05. The number of nitrogens with two attached hydrogens (primary N) is 1. The van der Waals surface area contributed by atoms with Gasteiger partial charge >= 0.3 is 12.1 Å². The van der Waals surface area contributed by atoms with Gasteiger partial charge in [-0.3, -0.25) is 4.79 Å². The number of carbonyl (C=O) groups is 1. The molecule has 0 saturated carbocycles. The van der Waals surface area contributed by atoms with Gasteiger partial charge in [-0.15, -0.1) is 0 Å². The molecule has 96 valence electrons. The van der Waals surface area contributed by atoms with E-state index in [0.29, 0.717) is 6.42 Å². The molecule has 0 aliphatic heterocycles. The Balaban J connectivity index is 4.49. The topological polar surface area (TPSA) is 63.3 Å². The van der Waals surface area contributed by atoms with Crippen molar-refractivity contribution in [3.05, 3.63) is 0 Å². The van der Waals surface area contributed by atoms with Crippen LogP contribution in [0.5, 0.6) is 0 Å². The molecule has 6 heteroatoms. The molecule has 0 spiro atoms. The molecule has 16 heavy (non-hydrogen) atoms. The lowest BCUT2D eigenvalue weighted by molar-refractivity contribution is -0.185. The summed E-state index contributed by atoms with van der Waals surface area (Å²) in [7, 11) is 0. The molecule has 0 radical (unpaired) electrons. The Morgan fingerprint density at radius 1 is 1.44 bits per heavy atom. The van der Waals surface area contributed by atoms with E-state index in [1.807, 2.05) is 6.92 Å². The third kappa shape index (κ3) is 5.34. The van der Waals surface area contributed by atoms with E-state index in [4.69, 9.17) is 10.8 Å². The van der Waals surface area contributed by atoms with E-state index in [9.17, 15) is 18.0 Å². The van der Waals surface area contributed by atoms with Crippen LogP contribution in [0.3, 0.4) is 0 Å². The Bertz CT molecular complexity index is 231. The normalized spacial score (nSPS) is 17.9. The Labute approximate surface area is 92.8 Å². The van der Waals surface area contributed by atoms with E-state index >= 15 is 0 Å². The van der Waals surface area contributed by atoms with Crippen LogP contribution in [0.25, 0.3) is 0 Å². The van der Waals surface area contributed by atoms with Gasteiger partial charge in [0.05, 0.1) is 12.3 Å². The number of aliphatic carboxylic acids is 1. The molecule has 0 aliphatic carbocycles. The van der Waals surface area contributed by atoms with Gasteiger partial charge in [-0.25, -0.2) is 0 Å². The maximum Gasteiger partial charge on any atom is 0.392 e. The van der Waals surface area contributed by atoms with Crippen LogP contribution < -0.4 is 5.73 Å². The maximum absolute atomic E-state index is 12.5. The van der Waals surface area contributed by atoms with Gasteiger partial charge in [-0.2, -0.15) is 13.2 Å². The molecular weight excluding hydrogens is 223 g/mol. The fourth-order valence-corrected chi connectivity index (χ4v) is 1.41. The molecule has 3 N–H and O–H groups in total. The predicted octanol–water partition coefficient (Wildman–Crippen LogP) is 2.40. The van der Waals surface area contributed by atoms with E-state index < -0.39 is 30.5 Å². The first-order chi connectivity index (χ1) is 7.18. The van der Waals surface area contributed by atoms with E-state index in [-0.39, 0.29) is 12.3 Å². The van der Waals surface area contributed by atoms with Gasteiger partial charge in [-0.1, -0.05) is 20.3 Å². The molecule has 0 saturated heterocycles. The molecule has 0 rings (SSSR count). The molecule has 3 atom stereocenters. The highest BCUT2D eigenvalue weighted by atomic mass is 19.4. The van der Waals surface area contributed by atoms with Crippen molar-refractivity contribution in [1.82, 2.24) is 0 Å². The van der Waals surface area contributed by atoms with Crippen molar-refractivity contribution in [1.29, 1.82) is 0 Å². The Kier molecular flexibility index (Phi) is 5.78. The molecule has 0 aromatic rings. The fourth-order valence-electron chi connectivity index (χ4n) is 1.41. The summed E-state index contributed by atoms with van der Waals surface area (Å²) in [5, 5.41) is 8.42. The molecule has 3 nitrogen and oxygen atoms in total. The number of carboxylic acid groups (broad SMARTS) is 1. The van der Waals surface area contributed by atoms with Crippen molar-refractivity contribution in [2.75, 3.05) is 0 Å². The summed E-state index contributed by atoms with van der Waals surface area (Å²) in [6, 6.07) is -0.615. The fraction of sp³-hybridized carbons (Fsp3) is 0.900. The van der Waals surface area contributed by atoms with Crippen LogP contribution in [0.4, 0.5) is 13.2 Å². The molecule has 0 heterocycles. The number of alkyl halides is 3. The second-order valence-corrected chi connectivity index (χ2v) is 4.12. The van der Waals surface area contributed by atoms with Gasteiger partial charge < -0.3 is 10.8 Å². The van der Waals surface area contributed by atoms with Crippen LogP contribution >= 0.6 is 0 Å². The van der Waals surface area contributed by atoms with Crippen LogP contribution in [0.1, 0.15) is 33.1 Å². The van der Waals surface area contributed by atoms with Gasteiger partial charge in [0.1, 0.15) is 0 Å². The first-order valence-electron chi connectivity index (χ1n) is 5.22. The third-order valence-electron chi connectivity index (χ3n) is 2.82. The zero-order valence-electron chi connectivity index (χ0n) is 9.42. The van der Waals surface area contributed by atoms with Gasteiger partial charge in [0.2, 0.25) is 0 Å². The quantitative estimate of drug-likeness (QED) is 0.750. The Hall–Kier alpha value is -0.780. The number of rotatable bonds is 6. The van der Waals surface area contributed by atoms with Crippen molar-refractivity contribution in [3.63, 3.8) is 0 Å². The average molecular weight is 241 g/mol. The Morgan fingerprint density at radius 2 is 1.94 bits per heavy atom. The largest absolute Gasteiger partial charge is 0.481 e. The van der Waals surface area contributed by atoms with Crippen molar-refractivity contribution >= 4 is 5.97 Å². The summed E-state index contributed by atoms with van der Waals surface area (Å²) in [5.74, 6) is -3.34. The van der Waals surface area contributed by atoms with E-state index in [1.54, 1.807) is 6.92 Å². The van der Waals surface area contributed by atoms with Crippen LogP contribution in [-0.2, 0) is 4.79 Å². The van der Waals surface area contributed by atoms with Crippen molar-refractivity contribution in [2.45, 2.75) is 45.3 Å². The highest BCUT2D eigenvalue weighted by Gasteiger charge is 2.41. The number of hydrogen-bond acceptors (Lipinski definition) is 2. The van der Waals surface area contributed by atoms with Crippen LogP contribution in [0, 0.1) is 11.8 Å². The summed E-state index contributed by atoms with van der Waals surface area (Å²) in [6.45, 7) is 3.60. The van der Waals surface area contributed by atoms with Gasteiger partial charge in [-0.05, 0) is 12.3 Å². The Morgan fingerprint density at radius 3 is 2.25 bits per heavy atom. The highest BCUT2D eigenvalue weighted by molar-refractivity contribution is 5.67. The van der Waals surface area contributed by atoms with Crippen molar-refractivity contribution in [3.8, 4) is 0 Å². The minimum atomic E-state index is -4.50. The second kappa shape index (κ2) is 6.08. The molecule has 0 aromatic carbocycles. The van der Waals surface area contributed by atoms with E-state index in [0.717, 1.165) is 0 Å². The lowest BCUT2D eigenvalue weighted by atomic mass is 9.88. The zero-order valence-corrected chi connectivity index (χ0v) is 9.42. The highest BCUT2D eigenvalue weighted by Crippen LogP contribution is 2.33. The third-order valence-corrected chi connectivity index (χ3v) is 2.82. The van der Waals surface area contributed by atoms with Gasteiger partial charge in [0, 0.05) is 6.04 Å². The number of halogens is 3. The van der Waals surface area contributed by atoms with Crippen molar-refractivity contribution in [2.24, 2.45) is 17.6 Å². The maximum atomic E-state index is 12.5.